The smallest absolute Gasteiger partial charge is 0.124 e. The van der Waals surface area contributed by atoms with Crippen LogP contribution in [0.15, 0.2) is 72.8 Å². The molecule has 4 saturated carbocycles. The van der Waals surface area contributed by atoms with Crippen molar-refractivity contribution in [2.24, 2.45) is 0 Å². The molecule has 43 heavy (non-hydrogen) atoms. The Morgan fingerprint density at radius 2 is 0.837 bits per heavy atom. The minimum absolute atomic E-state index is 0. The number of phenols is 2. The molecule has 4 fully saturated rings. The summed E-state index contributed by atoms with van der Waals surface area (Å²) in [6.07, 6.45) is 23.0. The van der Waals surface area contributed by atoms with Gasteiger partial charge in [-0.1, -0.05) is 74.2 Å². The second-order valence-corrected chi connectivity index (χ2v) is 12.1. The third-order valence-electron chi connectivity index (χ3n) is 9.45. The van der Waals surface area contributed by atoms with Crippen LogP contribution in [0.1, 0.15) is 64.2 Å². The van der Waals surface area contributed by atoms with Gasteiger partial charge in [0.15, 0.2) is 0 Å². The van der Waals surface area contributed by atoms with Crippen molar-refractivity contribution in [3.63, 3.8) is 0 Å². The molecule has 0 heterocycles. The molecule has 2 nitrogen and oxygen atoms in total. The number of rotatable bonds is 4. The van der Waals surface area contributed by atoms with Gasteiger partial charge in [-0.3, -0.25) is 0 Å². The van der Waals surface area contributed by atoms with E-state index in [-0.39, 0.29) is 33.2 Å². The van der Waals surface area contributed by atoms with E-state index < -0.39 is 0 Å². The van der Waals surface area contributed by atoms with Gasteiger partial charge in [0.1, 0.15) is 11.5 Å². The first kappa shape index (κ1) is 30.7. The first-order valence-corrected chi connectivity index (χ1v) is 15.6. The van der Waals surface area contributed by atoms with E-state index >= 15 is 0 Å². The molecule has 10 radical (unpaired) electrons. The Balaban J connectivity index is 0.000000150. The second kappa shape index (κ2) is 13.8. The fraction of sp³-hybridized carbons (Fsp3) is 0.250. The van der Waals surface area contributed by atoms with Crippen molar-refractivity contribution >= 4 is 21.5 Å². The van der Waals surface area contributed by atoms with E-state index in [1.54, 1.807) is 47.6 Å². The Morgan fingerprint density at radius 3 is 1.26 bits per heavy atom. The largest absolute Gasteiger partial charge is 0.507 e. The number of fused-ring (bicyclic) bond motifs is 4. The maximum absolute atomic E-state index is 10.3. The first-order valence-electron chi connectivity index (χ1n) is 15.6. The van der Waals surface area contributed by atoms with Crippen LogP contribution in [-0.2, 0) is 21.7 Å². The molecule has 4 aliphatic rings. The van der Waals surface area contributed by atoms with Crippen LogP contribution < -0.4 is 0 Å². The van der Waals surface area contributed by atoms with Gasteiger partial charge < -0.3 is 10.2 Å². The topological polar surface area (TPSA) is 40.5 Å². The number of hydrogen-bond donors (Lipinski definition) is 2. The zero-order valence-corrected chi connectivity index (χ0v) is 26.3. The second-order valence-electron chi connectivity index (χ2n) is 12.1. The molecule has 0 aromatic heterocycles. The van der Waals surface area contributed by atoms with Gasteiger partial charge in [0, 0.05) is 32.8 Å². The van der Waals surface area contributed by atoms with Crippen molar-refractivity contribution in [1.82, 2.24) is 0 Å². The van der Waals surface area contributed by atoms with Crippen molar-refractivity contribution in [1.29, 1.82) is 0 Å². The fourth-order valence-corrected chi connectivity index (χ4v) is 7.19. The van der Waals surface area contributed by atoms with E-state index in [1.807, 2.05) is 60.7 Å². The minimum atomic E-state index is 0. The molecular weight excluding hydrogens is 560 g/mol. The Kier molecular flexibility index (Phi) is 9.85. The van der Waals surface area contributed by atoms with Crippen LogP contribution in [0.2, 0.25) is 0 Å². The summed E-state index contributed by atoms with van der Waals surface area (Å²) in [6, 6.07) is 23.0. The number of phenolic OH excluding ortho intramolecular Hbond substituents is 2. The zero-order chi connectivity index (χ0) is 28.5. The summed E-state index contributed by atoms with van der Waals surface area (Å²) in [4.78, 5) is 0. The predicted octanol–water partition coefficient (Wildman–Crippen LogP) is 10.3. The average molecular weight is 599 g/mol. The quantitative estimate of drug-likeness (QED) is 0.230. The van der Waals surface area contributed by atoms with E-state index in [1.165, 1.54) is 64.2 Å². The van der Waals surface area contributed by atoms with Crippen molar-refractivity contribution in [3.05, 3.63) is 134 Å². The molecule has 0 amide bonds. The molecule has 2 N–H and O–H groups in total. The van der Waals surface area contributed by atoms with Crippen LogP contribution in [-0.4, -0.2) is 10.2 Å². The number of hydrogen-bond acceptors (Lipinski definition) is 2. The number of aromatic hydroxyl groups is 2. The molecule has 0 spiro atoms. The summed E-state index contributed by atoms with van der Waals surface area (Å²) in [6.45, 7) is 0. The minimum Gasteiger partial charge on any atom is -0.507 e. The van der Waals surface area contributed by atoms with Crippen LogP contribution in [0.25, 0.3) is 32.7 Å². The van der Waals surface area contributed by atoms with Gasteiger partial charge in [-0.2, -0.15) is 0 Å². The summed E-state index contributed by atoms with van der Waals surface area (Å²) < 4.78 is 0. The zero-order valence-electron chi connectivity index (χ0n) is 24.7. The van der Waals surface area contributed by atoms with Crippen LogP contribution in [0.3, 0.4) is 0 Å². The Labute approximate surface area is 273 Å². The van der Waals surface area contributed by atoms with E-state index in [0.29, 0.717) is 11.1 Å². The van der Waals surface area contributed by atoms with Crippen molar-refractivity contribution in [2.75, 3.05) is 0 Å². The monoisotopic (exact) mass is 598 g/mol. The molecule has 0 unspecified atom stereocenters. The van der Waals surface area contributed by atoms with Crippen LogP contribution in [0.5, 0.6) is 11.5 Å². The van der Waals surface area contributed by atoms with E-state index in [9.17, 15) is 10.2 Å². The van der Waals surface area contributed by atoms with Crippen LogP contribution >= 0.6 is 0 Å². The van der Waals surface area contributed by atoms with Crippen molar-refractivity contribution in [2.45, 2.75) is 64.2 Å². The van der Waals surface area contributed by atoms with E-state index in [0.717, 1.165) is 21.5 Å². The summed E-state index contributed by atoms with van der Waals surface area (Å²) in [5, 5.41) is 24.7. The first-order chi connectivity index (χ1) is 20.6. The van der Waals surface area contributed by atoms with Crippen LogP contribution in [0, 0.1) is 61.2 Å². The van der Waals surface area contributed by atoms with E-state index in [2.05, 4.69) is 25.7 Å². The molecule has 4 aliphatic carbocycles. The van der Waals surface area contributed by atoms with Crippen molar-refractivity contribution < 1.29 is 31.9 Å². The van der Waals surface area contributed by atoms with Gasteiger partial charge in [0.2, 0.25) is 0 Å². The molecule has 3 heteroatoms. The van der Waals surface area contributed by atoms with E-state index in [4.69, 9.17) is 0 Å². The molecule has 214 valence electrons. The summed E-state index contributed by atoms with van der Waals surface area (Å²) in [5.41, 5.74) is 1.28. The van der Waals surface area contributed by atoms with Gasteiger partial charge in [-0.05, 0) is 146 Å². The van der Waals surface area contributed by atoms with Gasteiger partial charge in [-0.15, -0.1) is 0 Å². The molecule has 0 bridgehead atoms. The third-order valence-corrected chi connectivity index (χ3v) is 9.45. The Hall–Kier alpha value is -2.29. The SMILES string of the molecule is Oc1cc2ccccc2cc1-c1cc2ccccc2cc1O.[CH]1[CH][C](CC[C]2[CH][CH][C]3CCCC[C]32)[C]2CCCC[C]12.[Ti]. The molecule has 0 saturated heterocycles. The molecule has 0 aliphatic heterocycles. The normalized spacial score (nSPS) is 20.5. The maximum atomic E-state index is 10.3. The van der Waals surface area contributed by atoms with Gasteiger partial charge in [0.25, 0.3) is 0 Å². The number of benzene rings is 4. The van der Waals surface area contributed by atoms with Crippen LogP contribution in [0.4, 0.5) is 0 Å². The van der Waals surface area contributed by atoms with Gasteiger partial charge >= 0.3 is 0 Å². The molecule has 0 atom stereocenters. The predicted molar refractivity (Wildman–Crippen MR) is 173 cm³/mol. The maximum Gasteiger partial charge on any atom is 0.124 e. The Bertz CT molecular complexity index is 1410. The molecular formula is C40H38O2Ti. The van der Waals surface area contributed by atoms with Gasteiger partial charge in [0.05, 0.1) is 0 Å². The Morgan fingerprint density at radius 1 is 0.465 bits per heavy atom. The summed E-state index contributed by atoms with van der Waals surface area (Å²) in [5.74, 6) is 10.3. The van der Waals surface area contributed by atoms with Gasteiger partial charge in [-0.25, -0.2) is 0 Å². The summed E-state index contributed by atoms with van der Waals surface area (Å²) in [7, 11) is 0. The molecule has 8 rings (SSSR count). The molecule has 4 aromatic rings. The third kappa shape index (κ3) is 6.57. The standard InChI is InChI=1S/C20H14O2.C20H24.Ti/c21-19-11-15-7-3-1-5-13(15)9-17(19)18-10-14-6-2-4-8-16(14)12-20(18)22;1-3-7-19-15(5-1)9-11-17(19)13-14-18-12-10-16-6-2-4-8-20(16)18;/h1-12,21-22H;9-12H,1-8,13-14H2;. The average Bonchev–Trinajstić information content (AvgIpc) is 3.64. The van der Waals surface area contributed by atoms with Crippen molar-refractivity contribution in [3.8, 4) is 22.6 Å². The fourth-order valence-electron chi connectivity index (χ4n) is 7.19. The molecule has 4 aromatic carbocycles. The summed E-state index contributed by atoms with van der Waals surface area (Å²) >= 11 is 0.